The van der Waals surface area contributed by atoms with Gasteiger partial charge in [0, 0.05) is 24.8 Å². The SMILES string of the molecule is C=C(NC(=O)OC(C)(C)C)N[C@H]1CC(C(=O)OC(OC(=O)C(NC(=O)OC(C)(C)C)C(C)C)C(C)C)=C[C@@H](OC(CC)CC)[C@@H]1NC(C)=O. The van der Waals surface area contributed by atoms with Crippen molar-refractivity contribution in [3.63, 3.8) is 0 Å². The summed E-state index contributed by atoms with van der Waals surface area (Å²) in [6, 6.07) is -2.44. The molecule has 14 heteroatoms. The van der Waals surface area contributed by atoms with Crippen LogP contribution >= 0.6 is 0 Å². The molecule has 2 unspecified atom stereocenters. The molecule has 0 fully saturated rings. The van der Waals surface area contributed by atoms with Crippen molar-refractivity contribution < 1.29 is 47.7 Å². The second-order valence-corrected chi connectivity index (χ2v) is 14.8. The van der Waals surface area contributed by atoms with Crippen LogP contribution in [0.15, 0.2) is 24.0 Å². The molecule has 0 spiro atoms. The molecule has 0 bridgehead atoms. The lowest BCUT2D eigenvalue weighted by molar-refractivity contribution is -0.195. The van der Waals surface area contributed by atoms with Gasteiger partial charge < -0.3 is 39.6 Å². The first-order chi connectivity index (χ1) is 22.5. The number of alkyl carbamates (subject to hydrolysis) is 2. The first-order valence-electron chi connectivity index (χ1n) is 17.0. The highest BCUT2D eigenvalue weighted by molar-refractivity contribution is 5.89. The van der Waals surface area contributed by atoms with Gasteiger partial charge in [-0.25, -0.2) is 19.2 Å². The second-order valence-electron chi connectivity index (χ2n) is 14.8. The van der Waals surface area contributed by atoms with E-state index in [0.29, 0.717) is 12.8 Å². The van der Waals surface area contributed by atoms with E-state index in [2.05, 4.69) is 27.8 Å². The Labute approximate surface area is 291 Å². The molecule has 0 aliphatic heterocycles. The number of nitrogens with one attached hydrogen (secondary N) is 4. The van der Waals surface area contributed by atoms with Crippen molar-refractivity contribution in [3.8, 4) is 0 Å². The van der Waals surface area contributed by atoms with Gasteiger partial charge in [0.25, 0.3) is 0 Å². The fraction of sp³-hybridized carbons (Fsp3) is 0.743. The fourth-order valence-electron chi connectivity index (χ4n) is 4.78. The number of ether oxygens (including phenoxy) is 5. The Morgan fingerprint density at radius 2 is 1.41 bits per heavy atom. The molecule has 49 heavy (non-hydrogen) atoms. The van der Waals surface area contributed by atoms with E-state index in [-0.39, 0.29) is 35.7 Å². The third kappa shape index (κ3) is 16.0. The molecule has 0 saturated carbocycles. The molecule has 280 valence electrons. The average Bonchev–Trinajstić information content (AvgIpc) is 2.92. The number of rotatable bonds is 15. The zero-order valence-corrected chi connectivity index (χ0v) is 31.6. The van der Waals surface area contributed by atoms with Gasteiger partial charge in [0.1, 0.15) is 23.1 Å². The molecule has 1 aliphatic rings. The number of hydrogen-bond acceptors (Lipinski definition) is 11. The molecular weight excluding hydrogens is 636 g/mol. The normalized spacial score (nSPS) is 19.3. The summed E-state index contributed by atoms with van der Waals surface area (Å²) in [4.78, 5) is 64.2. The zero-order valence-electron chi connectivity index (χ0n) is 31.6. The summed E-state index contributed by atoms with van der Waals surface area (Å²) >= 11 is 0. The summed E-state index contributed by atoms with van der Waals surface area (Å²) in [7, 11) is 0. The van der Waals surface area contributed by atoms with Crippen LogP contribution in [0.2, 0.25) is 0 Å². The Kier molecular flexibility index (Phi) is 16.6. The molecule has 1 rings (SSSR count). The van der Waals surface area contributed by atoms with Crippen LogP contribution in [0.4, 0.5) is 9.59 Å². The van der Waals surface area contributed by atoms with Gasteiger partial charge in [-0.1, -0.05) is 48.1 Å². The molecule has 14 nitrogen and oxygen atoms in total. The van der Waals surface area contributed by atoms with E-state index < -0.39 is 71.8 Å². The first-order valence-corrected chi connectivity index (χ1v) is 17.0. The largest absolute Gasteiger partial charge is 0.444 e. The van der Waals surface area contributed by atoms with Crippen molar-refractivity contribution in [1.82, 2.24) is 21.3 Å². The Hall–Kier alpha value is -3.81. The smallest absolute Gasteiger partial charge is 0.413 e. The minimum atomic E-state index is -1.30. The molecule has 0 aromatic rings. The third-order valence-electron chi connectivity index (χ3n) is 7.09. The minimum absolute atomic E-state index is 0.0230. The summed E-state index contributed by atoms with van der Waals surface area (Å²) in [5.74, 6) is -2.64. The zero-order chi connectivity index (χ0) is 37.9. The van der Waals surface area contributed by atoms with E-state index in [1.54, 1.807) is 75.3 Å². The van der Waals surface area contributed by atoms with E-state index in [1.165, 1.54) is 6.92 Å². The van der Waals surface area contributed by atoms with Crippen LogP contribution < -0.4 is 21.3 Å². The average molecular weight is 697 g/mol. The van der Waals surface area contributed by atoms with Crippen molar-refractivity contribution >= 4 is 30.0 Å². The quantitative estimate of drug-likeness (QED) is 0.103. The molecule has 0 aromatic carbocycles. The van der Waals surface area contributed by atoms with E-state index >= 15 is 0 Å². The molecule has 0 saturated heterocycles. The van der Waals surface area contributed by atoms with Gasteiger partial charge in [0.15, 0.2) is 0 Å². The van der Waals surface area contributed by atoms with Gasteiger partial charge in [-0.2, -0.15) is 0 Å². The Morgan fingerprint density at radius 3 is 1.88 bits per heavy atom. The molecule has 5 atom stereocenters. The summed E-state index contributed by atoms with van der Waals surface area (Å²) in [5, 5.41) is 11.1. The summed E-state index contributed by atoms with van der Waals surface area (Å²) in [5.41, 5.74) is -1.34. The standard InChI is InChI=1S/C35H60N4O10/c1-15-24(16-2)45-26-18-23(17-25(28(26)38-22(8)40)36-21(7)37-32(43)48-34(9,10)11)29(41)46-31(20(5)6)47-30(42)27(19(3)4)39-33(44)49-35(12,13)14/h18-20,24-28,31,36H,7,15-17H2,1-6,8-14H3,(H,37,43)(H,38,40)(H,39,44)/t25-,26+,27?,28+,31?/m0/s1. The van der Waals surface area contributed by atoms with Crippen LogP contribution in [0.1, 0.15) is 109 Å². The molecule has 3 amide bonds. The van der Waals surface area contributed by atoms with Crippen molar-refractivity contribution in [2.24, 2.45) is 11.8 Å². The molecule has 1 aliphatic carbocycles. The number of esters is 2. The van der Waals surface area contributed by atoms with Crippen LogP contribution in [0.25, 0.3) is 0 Å². The van der Waals surface area contributed by atoms with Gasteiger partial charge >= 0.3 is 24.1 Å². The van der Waals surface area contributed by atoms with E-state index in [4.69, 9.17) is 23.7 Å². The lowest BCUT2D eigenvalue weighted by Gasteiger charge is -2.39. The summed E-state index contributed by atoms with van der Waals surface area (Å²) < 4.78 is 28.4. The molecular formula is C35H60N4O10. The molecule has 0 heterocycles. The van der Waals surface area contributed by atoms with Crippen molar-refractivity contribution in [3.05, 3.63) is 24.0 Å². The predicted molar refractivity (Wildman–Crippen MR) is 184 cm³/mol. The Balaban J connectivity index is 3.36. The first kappa shape index (κ1) is 43.2. The highest BCUT2D eigenvalue weighted by Gasteiger charge is 2.40. The van der Waals surface area contributed by atoms with Crippen LogP contribution in [-0.4, -0.2) is 77.9 Å². The minimum Gasteiger partial charge on any atom is -0.444 e. The fourth-order valence-corrected chi connectivity index (χ4v) is 4.78. The molecule has 0 aromatic heterocycles. The predicted octanol–water partition coefficient (Wildman–Crippen LogP) is 4.97. The summed E-state index contributed by atoms with van der Waals surface area (Å²) in [6.45, 7) is 26.4. The van der Waals surface area contributed by atoms with Gasteiger partial charge in [-0.3, -0.25) is 10.1 Å². The van der Waals surface area contributed by atoms with E-state index in [1.807, 2.05) is 13.8 Å². The Morgan fingerprint density at radius 1 is 0.857 bits per heavy atom. The molecule has 0 radical (unpaired) electrons. The van der Waals surface area contributed by atoms with Crippen LogP contribution in [0, 0.1) is 11.8 Å². The Bertz CT molecular complexity index is 1200. The maximum Gasteiger partial charge on any atom is 0.413 e. The number of carbonyl (C=O) groups is 5. The maximum atomic E-state index is 13.7. The van der Waals surface area contributed by atoms with Gasteiger partial charge in [-0.15, -0.1) is 0 Å². The number of hydrogen-bond donors (Lipinski definition) is 4. The van der Waals surface area contributed by atoms with E-state index in [0.717, 1.165) is 0 Å². The maximum absolute atomic E-state index is 13.7. The van der Waals surface area contributed by atoms with Gasteiger partial charge in [0.2, 0.25) is 12.2 Å². The van der Waals surface area contributed by atoms with E-state index in [9.17, 15) is 24.0 Å². The topological polar surface area (TPSA) is 180 Å². The highest BCUT2D eigenvalue weighted by Crippen LogP contribution is 2.27. The van der Waals surface area contributed by atoms with Crippen LogP contribution in [-0.2, 0) is 38.1 Å². The third-order valence-corrected chi connectivity index (χ3v) is 7.09. The number of carbonyl (C=O) groups excluding carboxylic acids is 5. The van der Waals surface area contributed by atoms with Gasteiger partial charge in [0.05, 0.1) is 24.3 Å². The van der Waals surface area contributed by atoms with Crippen molar-refractivity contribution in [1.29, 1.82) is 0 Å². The van der Waals surface area contributed by atoms with Crippen molar-refractivity contribution in [2.75, 3.05) is 0 Å². The summed E-state index contributed by atoms with van der Waals surface area (Å²) in [6.07, 6.45) is -0.808. The second kappa shape index (κ2) is 18.8. The monoisotopic (exact) mass is 696 g/mol. The van der Waals surface area contributed by atoms with Crippen LogP contribution in [0.3, 0.4) is 0 Å². The lowest BCUT2D eigenvalue weighted by atomic mass is 9.87. The molecule has 4 N–H and O–H groups in total. The van der Waals surface area contributed by atoms with Gasteiger partial charge in [-0.05, 0) is 66.4 Å². The lowest BCUT2D eigenvalue weighted by Crippen LogP contribution is -2.59. The highest BCUT2D eigenvalue weighted by atomic mass is 16.7. The van der Waals surface area contributed by atoms with Crippen molar-refractivity contribution in [2.45, 2.75) is 157 Å². The van der Waals surface area contributed by atoms with Crippen LogP contribution in [0.5, 0.6) is 0 Å². The number of amides is 3.